The van der Waals surface area contributed by atoms with Gasteiger partial charge in [0.2, 0.25) is 10.0 Å². The molecule has 8 heteroatoms. The molecule has 2 aromatic heterocycles. The highest BCUT2D eigenvalue weighted by atomic mass is 32.2. The lowest BCUT2D eigenvalue weighted by Gasteiger charge is -2.20. The van der Waals surface area contributed by atoms with E-state index in [1.165, 1.54) is 6.20 Å². The minimum atomic E-state index is -3.88. The number of carboxylic acids is 1. The second-order valence-electron chi connectivity index (χ2n) is 5.77. The highest BCUT2D eigenvalue weighted by Crippen LogP contribution is 2.20. The molecule has 0 aliphatic rings. The summed E-state index contributed by atoms with van der Waals surface area (Å²) in [5.74, 6) is -1.54. The maximum Gasteiger partial charge on any atom is 0.318 e. The van der Waals surface area contributed by atoms with Crippen LogP contribution in [-0.2, 0) is 27.1 Å². The molecule has 0 fully saturated rings. The lowest BCUT2D eigenvalue weighted by molar-refractivity contribution is -0.137. The van der Waals surface area contributed by atoms with E-state index < -0.39 is 22.5 Å². The lowest BCUT2D eigenvalue weighted by Crippen LogP contribution is -2.36. The van der Waals surface area contributed by atoms with Crippen molar-refractivity contribution >= 4 is 26.9 Å². The first-order valence-electron chi connectivity index (χ1n) is 7.87. The van der Waals surface area contributed by atoms with E-state index in [1.54, 1.807) is 42.7 Å². The molecule has 7 nitrogen and oxygen atoms in total. The molecule has 0 unspecified atom stereocenters. The predicted octanol–water partition coefficient (Wildman–Crippen LogP) is 2.05. The number of sulfonamides is 1. The summed E-state index contributed by atoms with van der Waals surface area (Å²) in [5.41, 5.74) is 1.74. The van der Waals surface area contributed by atoms with Crippen molar-refractivity contribution in [3.8, 4) is 0 Å². The van der Waals surface area contributed by atoms with Gasteiger partial charge in [-0.3, -0.25) is 14.8 Å². The molecule has 0 saturated heterocycles. The monoisotopic (exact) mass is 371 g/mol. The van der Waals surface area contributed by atoms with E-state index in [0.717, 1.165) is 9.69 Å². The number of carboxylic acid groups (broad SMARTS) is 1. The molecule has 0 aliphatic carbocycles. The van der Waals surface area contributed by atoms with E-state index >= 15 is 0 Å². The fraction of sp³-hybridized carbons (Fsp3) is 0.167. The van der Waals surface area contributed by atoms with Crippen molar-refractivity contribution in [2.45, 2.75) is 12.3 Å². The molecule has 1 N–H and O–H groups in total. The molecule has 0 aliphatic heterocycles. The van der Waals surface area contributed by atoms with E-state index in [-0.39, 0.29) is 12.3 Å². The number of para-hydroxylation sites is 1. The zero-order chi connectivity index (χ0) is 18.6. The molecule has 134 valence electrons. The molecular weight excluding hydrogens is 354 g/mol. The van der Waals surface area contributed by atoms with Crippen LogP contribution in [0.1, 0.15) is 11.1 Å². The van der Waals surface area contributed by atoms with Crippen molar-refractivity contribution < 1.29 is 18.3 Å². The summed E-state index contributed by atoms with van der Waals surface area (Å²) >= 11 is 0. The van der Waals surface area contributed by atoms with Crippen LogP contribution in [0, 0.1) is 0 Å². The minimum absolute atomic E-state index is 0.0549. The van der Waals surface area contributed by atoms with Crippen LogP contribution >= 0.6 is 0 Å². The van der Waals surface area contributed by atoms with Gasteiger partial charge >= 0.3 is 5.97 Å². The second-order valence-corrected chi connectivity index (χ2v) is 7.74. The van der Waals surface area contributed by atoms with Crippen LogP contribution in [-0.4, -0.2) is 40.3 Å². The SMILES string of the molecule is O=C(O)CN(Cc1cccnc1)S(=O)(=O)Cc1cccc2cccnc12. The average molecular weight is 371 g/mol. The van der Waals surface area contributed by atoms with Gasteiger partial charge in [0.15, 0.2) is 0 Å². The number of benzene rings is 1. The second kappa shape index (κ2) is 7.59. The van der Waals surface area contributed by atoms with Crippen LogP contribution in [0.2, 0.25) is 0 Å². The Morgan fingerprint density at radius 1 is 1.08 bits per heavy atom. The fourth-order valence-electron chi connectivity index (χ4n) is 2.67. The first-order chi connectivity index (χ1) is 12.5. The summed E-state index contributed by atoms with van der Waals surface area (Å²) < 4.78 is 26.7. The molecule has 2 heterocycles. The van der Waals surface area contributed by atoms with E-state index in [0.29, 0.717) is 16.6 Å². The Hall–Kier alpha value is -2.84. The van der Waals surface area contributed by atoms with Gasteiger partial charge in [0, 0.05) is 30.5 Å². The normalized spacial score (nSPS) is 11.7. The molecule has 0 saturated carbocycles. The molecule has 0 atom stereocenters. The van der Waals surface area contributed by atoms with Gasteiger partial charge in [0.25, 0.3) is 0 Å². The van der Waals surface area contributed by atoms with Crippen LogP contribution in [0.15, 0.2) is 61.1 Å². The Morgan fingerprint density at radius 2 is 1.85 bits per heavy atom. The molecular formula is C18H17N3O4S. The van der Waals surface area contributed by atoms with Gasteiger partial charge in [-0.2, -0.15) is 4.31 Å². The summed E-state index contributed by atoms with van der Waals surface area (Å²) in [7, 11) is -3.88. The Balaban J connectivity index is 1.92. The molecule has 0 bridgehead atoms. The predicted molar refractivity (Wildman–Crippen MR) is 96.6 cm³/mol. The number of fused-ring (bicyclic) bond motifs is 1. The molecule has 26 heavy (non-hydrogen) atoms. The van der Waals surface area contributed by atoms with Crippen LogP contribution in [0.25, 0.3) is 10.9 Å². The van der Waals surface area contributed by atoms with Gasteiger partial charge in [-0.15, -0.1) is 0 Å². The van der Waals surface area contributed by atoms with Crippen molar-refractivity contribution in [1.82, 2.24) is 14.3 Å². The number of hydrogen-bond acceptors (Lipinski definition) is 5. The van der Waals surface area contributed by atoms with Crippen molar-refractivity contribution in [2.24, 2.45) is 0 Å². The molecule has 0 amide bonds. The van der Waals surface area contributed by atoms with E-state index in [2.05, 4.69) is 9.97 Å². The zero-order valence-corrected chi connectivity index (χ0v) is 14.6. The first kappa shape index (κ1) is 18.0. The average Bonchev–Trinajstić information content (AvgIpc) is 2.62. The van der Waals surface area contributed by atoms with Gasteiger partial charge in [-0.25, -0.2) is 8.42 Å². The number of carbonyl (C=O) groups is 1. The molecule has 1 aromatic carbocycles. The van der Waals surface area contributed by atoms with E-state index in [4.69, 9.17) is 5.11 Å². The third kappa shape index (κ3) is 4.22. The molecule has 0 spiro atoms. The Morgan fingerprint density at radius 3 is 2.58 bits per heavy atom. The van der Waals surface area contributed by atoms with Crippen LogP contribution in [0.5, 0.6) is 0 Å². The Kier molecular flexibility index (Phi) is 5.24. The highest BCUT2D eigenvalue weighted by molar-refractivity contribution is 7.88. The lowest BCUT2D eigenvalue weighted by atomic mass is 10.1. The van der Waals surface area contributed by atoms with Gasteiger partial charge in [0.1, 0.15) is 6.54 Å². The van der Waals surface area contributed by atoms with Gasteiger partial charge in [-0.05, 0) is 23.3 Å². The largest absolute Gasteiger partial charge is 0.480 e. The van der Waals surface area contributed by atoms with Gasteiger partial charge < -0.3 is 5.11 Å². The topological polar surface area (TPSA) is 100 Å². The highest BCUT2D eigenvalue weighted by Gasteiger charge is 2.26. The number of aliphatic carboxylic acids is 1. The van der Waals surface area contributed by atoms with Gasteiger partial charge in [-0.1, -0.05) is 30.3 Å². The number of pyridine rings is 2. The third-order valence-electron chi connectivity index (χ3n) is 3.84. The van der Waals surface area contributed by atoms with Crippen molar-refractivity contribution in [1.29, 1.82) is 0 Å². The smallest absolute Gasteiger partial charge is 0.318 e. The quantitative estimate of drug-likeness (QED) is 0.682. The minimum Gasteiger partial charge on any atom is -0.480 e. The standard InChI is InChI=1S/C18H17N3O4S/c22-17(23)12-21(11-14-4-2-8-19-10-14)26(24,25)13-16-6-1-5-15-7-3-9-20-18(15)16/h1-10H,11-13H2,(H,22,23). The van der Waals surface area contributed by atoms with Crippen LogP contribution in [0.3, 0.4) is 0 Å². The van der Waals surface area contributed by atoms with Crippen molar-refractivity contribution in [3.05, 3.63) is 72.2 Å². The maximum atomic E-state index is 12.9. The number of rotatable bonds is 7. The summed E-state index contributed by atoms with van der Waals surface area (Å²) in [6.07, 6.45) is 4.69. The summed E-state index contributed by atoms with van der Waals surface area (Å²) in [5, 5.41) is 9.96. The number of aromatic nitrogens is 2. The Bertz CT molecular complexity index is 1020. The molecule has 3 rings (SSSR count). The van der Waals surface area contributed by atoms with E-state index in [1.807, 2.05) is 12.1 Å². The number of hydrogen-bond donors (Lipinski definition) is 1. The third-order valence-corrected chi connectivity index (χ3v) is 5.56. The van der Waals surface area contributed by atoms with Gasteiger partial charge in [0.05, 0.1) is 11.3 Å². The van der Waals surface area contributed by atoms with Crippen LogP contribution in [0.4, 0.5) is 0 Å². The maximum absolute atomic E-state index is 12.9. The Labute approximate surface area is 151 Å². The fourth-order valence-corrected chi connectivity index (χ4v) is 4.13. The van der Waals surface area contributed by atoms with Crippen molar-refractivity contribution in [3.63, 3.8) is 0 Å². The molecule has 3 aromatic rings. The summed E-state index contributed by atoms with van der Waals surface area (Å²) in [6.45, 7) is -0.671. The number of nitrogens with zero attached hydrogens (tertiary/aromatic N) is 3. The first-order valence-corrected chi connectivity index (χ1v) is 9.48. The zero-order valence-electron chi connectivity index (χ0n) is 13.8. The van der Waals surface area contributed by atoms with Crippen molar-refractivity contribution in [2.75, 3.05) is 6.54 Å². The van der Waals surface area contributed by atoms with Crippen LogP contribution < -0.4 is 0 Å². The summed E-state index contributed by atoms with van der Waals surface area (Å²) in [4.78, 5) is 19.4. The van der Waals surface area contributed by atoms with E-state index in [9.17, 15) is 13.2 Å². The summed E-state index contributed by atoms with van der Waals surface area (Å²) in [6, 6.07) is 12.3. The molecule has 0 radical (unpaired) electrons.